The van der Waals surface area contributed by atoms with E-state index >= 15 is 0 Å². The third-order valence-corrected chi connectivity index (χ3v) is 5.59. The molecule has 1 aliphatic rings. The number of nitrogens with one attached hydrogen (secondary N) is 2. The Morgan fingerprint density at radius 1 is 1.00 bits per heavy atom. The van der Waals surface area contributed by atoms with Crippen molar-refractivity contribution in [3.05, 3.63) is 83.3 Å². The number of hydrogen-bond donors (Lipinski definition) is 2. The van der Waals surface area contributed by atoms with Crippen LogP contribution in [0.1, 0.15) is 40.1 Å². The molecule has 0 atom stereocenters. The van der Waals surface area contributed by atoms with Crippen LogP contribution in [0.15, 0.2) is 70.2 Å². The highest BCUT2D eigenvalue weighted by atomic mass is 32.2. The SMILES string of the molecule is O=C(NCc1ccco1)c1ccccc1NSc1ccc2c(c1)CCCC2. The number of fused-ring (bicyclic) bond motifs is 1. The zero-order valence-electron chi connectivity index (χ0n) is 15.0. The molecule has 1 aromatic heterocycles. The van der Waals surface area contributed by atoms with Gasteiger partial charge in [-0.25, -0.2) is 0 Å². The molecule has 0 radical (unpaired) electrons. The van der Waals surface area contributed by atoms with Crippen LogP contribution in [0.2, 0.25) is 0 Å². The molecule has 1 heterocycles. The number of rotatable bonds is 6. The first kappa shape index (κ1) is 17.7. The number of carbonyl (C=O) groups excluding carboxylic acids is 1. The Kier molecular flexibility index (Phi) is 5.49. The molecule has 2 aromatic carbocycles. The van der Waals surface area contributed by atoms with Crippen molar-refractivity contribution in [3.8, 4) is 0 Å². The van der Waals surface area contributed by atoms with Crippen LogP contribution in [-0.2, 0) is 19.4 Å². The highest BCUT2D eigenvalue weighted by Crippen LogP contribution is 2.28. The van der Waals surface area contributed by atoms with Crippen molar-refractivity contribution in [2.75, 3.05) is 4.72 Å². The molecule has 0 saturated carbocycles. The predicted octanol–water partition coefficient (Wildman–Crippen LogP) is 5.21. The van der Waals surface area contributed by atoms with Crippen molar-refractivity contribution in [1.29, 1.82) is 0 Å². The molecule has 2 N–H and O–H groups in total. The van der Waals surface area contributed by atoms with Gasteiger partial charge in [-0.05, 0) is 85.2 Å². The molecule has 138 valence electrons. The van der Waals surface area contributed by atoms with E-state index in [4.69, 9.17) is 4.42 Å². The maximum absolute atomic E-state index is 12.6. The maximum Gasteiger partial charge on any atom is 0.253 e. The summed E-state index contributed by atoms with van der Waals surface area (Å²) in [6.45, 7) is 0.373. The number of carbonyl (C=O) groups is 1. The molecule has 1 amide bonds. The van der Waals surface area contributed by atoms with Gasteiger partial charge < -0.3 is 14.5 Å². The maximum atomic E-state index is 12.6. The van der Waals surface area contributed by atoms with Crippen LogP contribution >= 0.6 is 11.9 Å². The van der Waals surface area contributed by atoms with Gasteiger partial charge in [0.25, 0.3) is 5.91 Å². The summed E-state index contributed by atoms with van der Waals surface area (Å²) in [6, 6.07) is 17.9. The molecule has 4 rings (SSSR count). The average molecular weight is 378 g/mol. The molecular formula is C22H22N2O2S. The zero-order chi connectivity index (χ0) is 18.5. The molecule has 5 heteroatoms. The summed E-state index contributed by atoms with van der Waals surface area (Å²) in [4.78, 5) is 13.7. The Morgan fingerprint density at radius 2 is 1.85 bits per heavy atom. The van der Waals surface area contributed by atoms with Gasteiger partial charge in [0.1, 0.15) is 5.76 Å². The van der Waals surface area contributed by atoms with Gasteiger partial charge in [-0.1, -0.05) is 18.2 Å². The van der Waals surface area contributed by atoms with Crippen molar-refractivity contribution in [2.24, 2.45) is 0 Å². The molecule has 0 spiro atoms. The summed E-state index contributed by atoms with van der Waals surface area (Å²) < 4.78 is 8.61. The Morgan fingerprint density at radius 3 is 2.70 bits per heavy atom. The summed E-state index contributed by atoms with van der Waals surface area (Å²) >= 11 is 1.55. The fourth-order valence-electron chi connectivity index (χ4n) is 3.33. The van der Waals surface area contributed by atoms with Crippen LogP contribution in [0.3, 0.4) is 0 Å². The Labute approximate surface area is 163 Å². The van der Waals surface area contributed by atoms with Gasteiger partial charge in [0.05, 0.1) is 24.1 Å². The molecule has 1 aliphatic carbocycles. The fourth-order valence-corrected chi connectivity index (χ4v) is 4.08. The minimum atomic E-state index is -0.124. The van der Waals surface area contributed by atoms with Gasteiger partial charge in [0.15, 0.2) is 0 Å². The van der Waals surface area contributed by atoms with E-state index in [1.807, 2.05) is 36.4 Å². The van der Waals surface area contributed by atoms with Crippen molar-refractivity contribution in [2.45, 2.75) is 37.1 Å². The third-order valence-electron chi connectivity index (χ3n) is 4.77. The normalized spacial score (nSPS) is 13.0. The van der Waals surface area contributed by atoms with Gasteiger partial charge in [0, 0.05) is 4.90 Å². The Hall–Kier alpha value is -2.66. The highest BCUT2D eigenvalue weighted by Gasteiger charge is 2.13. The predicted molar refractivity (Wildman–Crippen MR) is 109 cm³/mol. The second-order valence-corrected chi connectivity index (χ2v) is 7.53. The summed E-state index contributed by atoms with van der Waals surface area (Å²) in [6.07, 6.45) is 6.51. The van der Waals surface area contributed by atoms with E-state index < -0.39 is 0 Å². The van der Waals surface area contributed by atoms with E-state index in [0.717, 1.165) is 17.9 Å². The molecule has 0 fully saturated rings. The number of para-hydroxylation sites is 1. The number of furan rings is 1. The number of hydrogen-bond acceptors (Lipinski definition) is 4. The lowest BCUT2D eigenvalue weighted by Crippen LogP contribution is -2.23. The first-order chi connectivity index (χ1) is 13.3. The second kappa shape index (κ2) is 8.35. The van der Waals surface area contributed by atoms with Crippen LogP contribution in [0.5, 0.6) is 0 Å². The lowest BCUT2D eigenvalue weighted by Gasteiger charge is -2.17. The van der Waals surface area contributed by atoms with E-state index in [1.165, 1.54) is 35.3 Å². The van der Waals surface area contributed by atoms with E-state index in [-0.39, 0.29) is 5.91 Å². The first-order valence-corrected chi connectivity index (χ1v) is 10.1. The van der Waals surface area contributed by atoms with Crippen LogP contribution in [0.25, 0.3) is 0 Å². The molecule has 0 aliphatic heterocycles. The number of aryl methyl sites for hydroxylation is 2. The molecule has 0 saturated heterocycles. The number of benzene rings is 2. The van der Waals surface area contributed by atoms with E-state index in [2.05, 4.69) is 28.2 Å². The van der Waals surface area contributed by atoms with Crippen molar-refractivity contribution >= 4 is 23.5 Å². The quantitative estimate of drug-likeness (QED) is 0.578. The Bertz CT molecular complexity index is 922. The third kappa shape index (κ3) is 4.37. The molecule has 0 bridgehead atoms. The van der Waals surface area contributed by atoms with Crippen LogP contribution < -0.4 is 10.0 Å². The summed E-state index contributed by atoms with van der Waals surface area (Å²) in [5.41, 5.74) is 4.35. The smallest absolute Gasteiger partial charge is 0.253 e. The number of anilines is 1. The summed E-state index contributed by atoms with van der Waals surface area (Å²) in [7, 11) is 0. The summed E-state index contributed by atoms with van der Waals surface area (Å²) in [5, 5.41) is 2.90. The molecule has 4 nitrogen and oxygen atoms in total. The van der Waals surface area contributed by atoms with E-state index in [1.54, 1.807) is 18.2 Å². The molecule has 0 unspecified atom stereocenters. The minimum absolute atomic E-state index is 0.124. The van der Waals surface area contributed by atoms with Gasteiger partial charge in [0.2, 0.25) is 0 Å². The molecule has 27 heavy (non-hydrogen) atoms. The standard InChI is InChI=1S/C22H22N2O2S/c25-22(23-15-18-8-5-13-26-18)20-9-3-4-10-21(20)24-27-19-12-11-16-6-1-2-7-17(16)14-19/h3-5,8-14,24H,1-2,6-7,15H2,(H,23,25). The van der Waals surface area contributed by atoms with Crippen molar-refractivity contribution < 1.29 is 9.21 Å². The minimum Gasteiger partial charge on any atom is -0.467 e. The van der Waals surface area contributed by atoms with E-state index in [0.29, 0.717) is 12.1 Å². The average Bonchev–Trinajstić information content (AvgIpc) is 3.24. The van der Waals surface area contributed by atoms with Crippen LogP contribution in [-0.4, -0.2) is 5.91 Å². The van der Waals surface area contributed by atoms with Gasteiger partial charge in [-0.3, -0.25) is 4.79 Å². The van der Waals surface area contributed by atoms with E-state index in [9.17, 15) is 4.79 Å². The molecule has 3 aromatic rings. The lowest BCUT2D eigenvalue weighted by molar-refractivity contribution is 0.0949. The van der Waals surface area contributed by atoms with Crippen molar-refractivity contribution in [3.63, 3.8) is 0 Å². The van der Waals surface area contributed by atoms with Gasteiger partial charge >= 0.3 is 0 Å². The fraction of sp³-hybridized carbons (Fsp3) is 0.227. The largest absolute Gasteiger partial charge is 0.467 e. The first-order valence-electron chi connectivity index (χ1n) is 9.24. The highest BCUT2D eigenvalue weighted by molar-refractivity contribution is 8.00. The van der Waals surface area contributed by atoms with Crippen LogP contribution in [0.4, 0.5) is 5.69 Å². The van der Waals surface area contributed by atoms with Gasteiger partial charge in [-0.2, -0.15) is 0 Å². The van der Waals surface area contributed by atoms with Gasteiger partial charge in [-0.15, -0.1) is 0 Å². The summed E-state index contributed by atoms with van der Waals surface area (Å²) in [5.74, 6) is 0.609. The lowest BCUT2D eigenvalue weighted by atomic mass is 9.92. The van der Waals surface area contributed by atoms with Crippen molar-refractivity contribution in [1.82, 2.24) is 5.32 Å². The topological polar surface area (TPSA) is 54.3 Å². The second-order valence-electron chi connectivity index (χ2n) is 6.65. The molecular weight excluding hydrogens is 356 g/mol. The van der Waals surface area contributed by atoms with Crippen LogP contribution in [0, 0.1) is 0 Å². The number of amides is 1. The Balaban J connectivity index is 1.42. The monoisotopic (exact) mass is 378 g/mol. The zero-order valence-corrected chi connectivity index (χ0v) is 15.9.